The first kappa shape index (κ1) is 21.8. The number of allylic oxidation sites excluding steroid dienone is 1. The van der Waals surface area contributed by atoms with Crippen LogP contribution in [0, 0.1) is 0 Å². The number of benzene rings is 1. The third kappa shape index (κ3) is 5.56. The number of rotatable bonds is 8. The fraction of sp³-hybridized carbons (Fsp3) is 0.478. The van der Waals surface area contributed by atoms with Gasteiger partial charge in [0.25, 0.3) is 0 Å². The van der Waals surface area contributed by atoms with Crippen LogP contribution in [0.25, 0.3) is 0 Å². The Hall–Kier alpha value is -1.95. The number of hydrogen-bond acceptors (Lipinski definition) is 4. The second kappa shape index (κ2) is 10.7. The summed E-state index contributed by atoms with van der Waals surface area (Å²) in [6.45, 7) is 11.3. The molecular formula is C23H32ClN5. The van der Waals surface area contributed by atoms with Gasteiger partial charge in [0.05, 0.1) is 18.1 Å². The Balaban J connectivity index is 1.84. The highest BCUT2D eigenvalue weighted by atomic mass is 35.5. The first-order chi connectivity index (χ1) is 14.2. The molecule has 6 heteroatoms. The molecule has 1 saturated heterocycles. The molecule has 0 saturated carbocycles. The molecule has 1 aromatic heterocycles. The van der Waals surface area contributed by atoms with Gasteiger partial charge in [0, 0.05) is 55.9 Å². The van der Waals surface area contributed by atoms with Gasteiger partial charge < -0.3 is 4.98 Å². The van der Waals surface area contributed by atoms with E-state index in [1.165, 1.54) is 16.8 Å². The van der Waals surface area contributed by atoms with Gasteiger partial charge in [0.1, 0.15) is 0 Å². The van der Waals surface area contributed by atoms with E-state index in [4.69, 9.17) is 16.6 Å². The van der Waals surface area contributed by atoms with Crippen molar-refractivity contribution in [3.63, 3.8) is 0 Å². The molecule has 3 rings (SSSR count). The summed E-state index contributed by atoms with van der Waals surface area (Å²) in [6, 6.07) is 6.50. The number of nitrogens with one attached hydrogen (secondary N) is 1. The zero-order chi connectivity index (χ0) is 20.6. The molecule has 1 aromatic carbocycles. The molecule has 0 amide bonds. The van der Waals surface area contributed by atoms with E-state index in [2.05, 4.69) is 51.8 Å². The second-order valence-corrected chi connectivity index (χ2v) is 7.92. The third-order valence-electron chi connectivity index (χ3n) is 5.49. The number of imidazole rings is 1. The normalized spacial score (nSPS) is 17.9. The third-order valence-corrected chi connectivity index (χ3v) is 5.73. The summed E-state index contributed by atoms with van der Waals surface area (Å²) in [4.78, 5) is 17.1. The Morgan fingerprint density at radius 1 is 1.28 bits per heavy atom. The Bertz CT molecular complexity index is 820. The molecule has 0 spiro atoms. The van der Waals surface area contributed by atoms with Crippen LogP contribution in [0.3, 0.4) is 0 Å². The highest BCUT2D eigenvalue weighted by Gasteiger charge is 2.29. The number of halogens is 1. The summed E-state index contributed by atoms with van der Waals surface area (Å²) in [5.41, 5.74) is 4.93. The standard InChI is InChI=1S/C23H32ClN5/c1-4-7-18-14-19(24)8-9-21(18)23(22(5-2)26-6-3)29-12-10-28(11-13-29)16-20-15-25-17-27-20/h5-6,8-9,14-15,17,23H,4,7,10-13,16H2,1-3H3,(H,25,27)/b22-5-,26-6?. The minimum Gasteiger partial charge on any atom is -0.347 e. The van der Waals surface area contributed by atoms with Crippen molar-refractivity contribution in [1.82, 2.24) is 19.8 Å². The Labute approximate surface area is 179 Å². The van der Waals surface area contributed by atoms with Crippen LogP contribution in [-0.4, -0.2) is 52.2 Å². The number of H-pyrrole nitrogens is 1. The molecule has 1 fully saturated rings. The molecule has 1 N–H and O–H groups in total. The molecule has 0 radical (unpaired) electrons. The molecule has 156 valence electrons. The highest BCUT2D eigenvalue weighted by molar-refractivity contribution is 6.30. The number of piperazine rings is 1. The lowest BCUT2D eigenvalue weighted by Crippen LogP contribution is -2.47. The van der Waals surface area contributed by atoms with Crippen LogP contribution in [0.15, 0.2) is 47.5 Å². The van der Waals surface area contributed by atoms with E-state index in [9.17, 15) is 0 Å². The minimum atomic E-state index is 0.157. The van der Waals surface area contributed by atoms with Crippen molar-refractivity contribution in [2.45, 2.75) is 46.2 Å². The fourth-order valence-corrected chi connectivity index (χ4v) is 4.31. The van der Waals surface area contributed by atoms with Crippen LogP contribution in [0.4, 0.5) is 0 Å². The van der Waals surface area contributed by atoms with Crippen molar-refractivity contribution in [3.8, 4) is 0 Å². The Kier molecular flexibility index (Phi) is 8.04. The van der Waals surface area contributed by atoms with Crippen LogP contribution < -0.4 is 0 Å². The first-order valence-electron chi connectivity index (χ1n) is 10.5. The maximum absolute atomic E-state index is 6.33. The Morgan fingerprint density at radius 2 is 2.07 bits per heavy atom. The van der Waals surface area contributed by atoms with E-state index >= 15 is 0 Å². The molecule has 0 aliphatic carbocycles. The summed E-state index contributed by atoms with van der Waals surface area (Å²) in [5.74, 6) is 0. The van der Waals surface area contributed by atoms with Gasteiger partial charge in [-0.3, -0.25) is 14.8 Å². The Morgan fingerprint density at radius 3 is 2.69 bits per heavy atom. The van der Waals surface area contributed by atoms with E-state index in [1.807, 2.05) is 25.4 Å². The predicted octanol–water partition coefficient (Wildman–Crippen LogP) is 4.87. The molecular weight excluding hydrogens is 382 g/mol. The van der Waals surface area contributed by atoms with Gasteiger partial charge in [-0.1, -0.05) is 37.1 Å². The van der Waals surface area contributed by atoms with Gasteiger partial charge in [-0.15, -0.1) is 0 Å². The monoisotopic (exact) mass is 413 g/mol. The quantitative estimate of drug-likeness (QED) is 0.628. The van der Waals surface area contributed by atoms with E-state index in [0.717, 1.165) is 56.3 Å². The summed E-state index contributed by atoms with van der Waals surface area (Å²) in [5, 5.41) is 0.807. The molecule has 5 nitrogen and oxygen atoms in total. The lowest BCUT2D eigenvalue weighted by Gasteiger charge is -2.40. The fourth-order valence-electron chi connectivity index (χ4n) is 4.11. The average Bonchev–Trinajstić information content (AvgIpc) is 3.23. The second-order valence-electron chi connectivity index (χ2n) is 7.49. The van der Waals surface area contributed by atoms with Gasteiger partial charge in [0.2, 0.25) is 0 Å². The molecule has 1 aliphatic rings. The topological polar surface area (TPSA) is 47.5 Å². The van der Waals surface area contributed by atoms with Crippen molar-refractivity contribution >= 4 is 17.8 Å². The average molecular weight is 414 g/mol. The number of aromatic amines is 1. The van der Waals surface area contributed by atoms with E-state index < -0.39 is 0 Å². The summed E-state index contributed by atoms with van der Waals surface area (Å²) < 4.78 is 0. The molecule has 1 unspecified atom stereocenters. The lowest BCUT2D eigenvalue weighted by molar-refractivity contribution is 0.102. The molecule has 1 atom stereocenters. The van der Waals surface area contributed by atoms with Crippen molar-refractivity contribution in [3.05, 3.63) is 64.3 Å². The van der Waals surface area contributed by atoms with E-state index in [-0.39, 0.29) is 6.04 Å². The van der Waals surface area contributed by atoms with Crippen LogP contribution >= 0.6 is 11.6 Å². The summed E-state index contributed by atoms with van der Waals surface area (Å²) in [6.07, 6.45) is 9.82. The molecule has 29 heavy (non-hydrogen) atoms. The molecule has 2 aromatic rings. The minimum absolute atomic E-state index is 0.157. The van der Waals surface area contributed by atoms with E-state index in [0.29, 0.717) is 0 Å². The molecule has 1 aliphatic heterocycles. The van der Waals surface area contributed by atoms with E-state index in [1.54, 1.807) is 6.33 Å². The summed E-state index contributed by atoms with van der Waals surface area (Å²) >= 11 is 6.33. The number of aryl methyl sites for hydroxylation is 1. The largest absolute Gasteiger partial charge is 0.347 e. The van der Waals surface area contributed by atoms with Gasteiger partial charge in [-0.05, 0) is 43.5 Å². The van der Waals surface area contributed by atoms with Gasteiger partial charge >= 0.3 is 0 Å². The first-order valence-corrected chi connectivity index (χ1v) is 10.9. The number of hydrogen-bond donors (Lipinski definition) is 1. The number of aromatic nitrogens is 2. The smallest absolute Gasteiger partial charge is 0.0922 e. The summed E-state index contributed by atoms with van der Waals surface area (Å²) in [7, 11) is 0. The van der Waals surface area contributed by atoms with Gasteiger partial charge in [-0.2, -0.15) is 0 Å². The maximum Gasteiger partial charge on any atom is 0.0922 e. The molecule has 2 heterocycles. The van der Waals surface area contributed by atoms with Crippen LogP contribution in [0.2, 0.25) is 5.02 Å². The van der Waals surface area contributed by atoms with Crippen molar-refractivity contribution in [1.29, 1.82) is 0 Å². The lowest BCUT2D eigenvalue weighted by atomic mass is 9.93. The predicted molar refractivity (Wildman–Crippen MR) is 122 cm³/mol. The SMILES string of the molecule is CC=N/C(=C\C)C(c1ccc(Cl)cc1CCC)N1CCN(Cc2cnc[nH]2)CC1. The van der Waals surface area contributed by atoms with Crippen molar-refractivity contribution < 1.29 is 0 Å². The maximum atomic E-state index is 6.33. The molecule has 0 bridgehead atoms. The van der Waals surface area contributed by atoms with Crippen molar-refractivity contribution in [2.75, 3.05) is 26.2 Å². The van der Waals surface area contributed by atoms with Crippen LogP contribution in [0.5, 0.6) is 0 Å². The highest BCUT2D eigenvalue weighted by Crippen LogP contribution is 2.34. The van der Waals surface area contributed by atoms with Gasteiger partial charge in [-0.25, -0.2) is 4.98 Å². The van der Waals surface area contributed by atoms with Crippen LogP contribution in [-0.2, 0) is 13.0 Å². The zero-order valence-corrected chi connectivity index (χ0v) is 18.5. The number of aliphatic imine (C=N–C) groups is 1. The van der Waals surface area contributed by atoms with Crippen LogP contribution in [0.1, 0.15) is 50.1 Å². The van der Waals surface area contributed by atoms with Crippen molar-refractivity contribution in [2.24, 2.45) is 4.99 Å². The number of nitrogens with zero attached hydrogens (tertiary/aromatic N) is 4. The zero-order valence-electron chi connectivity index (χ0n) is 17.7. The van der Waals surface area contributed by atoms with Gasteiger partial charge in [0.15, 0.2) is 0 Å².